The number of H-pyrrole nitrogens is 1. The van der Waals surface area contributed by atoms with Crippen molar-refractivity contribution in [3.05, 3.63) is 18.2 Å². The average molecular weight is 366 g/mol. The molecular weight excluding hydrogens is 340 g/mol. The number of imidazole rings is 1. The molecule has 3 aromatic rings. The Labute approximate surface area is 158 Å². The number of rotatable bonds is 5. The Hall–Kier alpha value is -2.48. The molecule has 3 aromatic heterocycles. The first-order valence-electron chi connectivity index (χ1n) is 9.92. The standard InChI is InChI=1S/C19H26N8/c1-27-15(8-11-2-3-11)14(9-23-27)16-17-18(22-10-21-17)26-19(25-16)24-13-6-4-12(20)5-7-13/h9-13H,2-8,20H2,1H3,(H2,21,22,24,25,26). The van der Waals surface area contributed by atoms with Crippen molar-refractivity contribution in [1.29, 1.82) is 0 Å². The van der Waals surface area contributed by atoms with Crippen LogP contribution in [0.2, 0.25) is 0 Å². The Balaban J connectivity index is 1.51. The predicted molar refractivity (Wildman–Crippen MR) is 104 cm³/mol. The molecule has 8 heteroatoms. The molecule has 3 heterocycles. The van der Waals surface area contributed by atoms with Crippen LogP contribution in [0.5, 0.6) is 0 Å². The lowest BCUT2D eigenvalue weighted by Crippen LogP contribution is -2.33. The van der Waals surface area contributed by atoms with E-state index in [4.69, 9.17) is 10.7 Å². The molecular formula is C19H26N8. The number of nitrogens with one attached hydrogen (secondary N) is 2. The minimum Gasteiger partial charge on any atom is -0.351 e. The van der Waals surface area contributed by atoms with E-state index in [0.717, 1.165) is 54.8 Å². The summed E-state index contributed by atoms with van der Waals surface area (Å²) in [4.78, 5) is 17.1. The molecule has 5 rings (SSSR count). The van der Waals surface area contributed by atoms with Gasteiger partial charge in [0.15, 0.2) is 5.65 Å². The average Bonchev–Trinajstić information content (AvgIpc) is 3.23. The van der Waals surface area contributed by atoms with E-state index < -0.39 is 0 Å². The number of hydrogen-bond acceptors (Lipinski definition) is 6. The van der Waals surface area contributed by atoms with E-state index >= 15 is 0 Å². The highest BCUT2D eigenvalue weighted by Crippen LogP contribution is 2.36. The van der Waals surface area contributed by atoms with Gasteiger partial charge in [0.25, 0.3) is 0 Å². The summed E-state index contributed by atoms with van der Waals surface area (Å²) < 4.78 is 1.98. The van der Waals surface area contributed by atoms with Gasteiger partial charge in [0.2, 0.25) is 5.95 Å². The molecule has 0 bridgehead atoms. The summed E-state index contributed by atoms with van der Waals surface area (Å²) in [7, 11) is 2.01. The maximum Gasteiger partial charge on any atom is 0.225 e. The maximum absolute atomic E-state index is 6.03. The number of nitrogens with zero attached hydrogens (tertiary/aromatic N) is 5. The summed E-state index contributed by atoms with van der Waals surface area (Å²) in [5.74, 6) is 1.42. The highest BCUT2D eigenvalue weighted by Gasteiger charge is 2.27. The van der Waals surface area contributed by atoms with Gasteiger partial charge in [0.05, 0.1) is 12.5 Å². The van der Waals surface area contributed by atoms with Gasteiger partial charge in [0.1, 0.15) is 11.2 Å². The summed E-state index contributed by atoms with van der Waals surface area (Å²) in [5, 5.41) is 8.02. The van der Waals surface area contributed by atoms with Crippen molar-refractivity contribution in [2.45, 2.75) is 57.0 Å². The lowest BCUT2D eigenvalue weighted by atomic mass is 9.92. The molecule has 0 aromatic carbocycles. The van der Waals surface area contributed by atoms with Gasteiger partial charge in [-0.25, -0.2) is 9.97 Å². The molecule has 4 N–H and O–H groups in total. The van der Waals surface area contributed by atoms with Crippen molar-refractivity contribution in [2.75, 3.05) is 5.32 Å². The summed E-state index contributed by atoms with van der Waals surface area (Å²) in [6, 6.07) is 0.697. The minimum absolute atomic E-state index is 0.328. The smallest absolute Gasteiger partial charge is 0.225 e. The molecule has 27 heavy (non-hydrogen) atoms. The van der Waals surface area contributed by atoms with E-state index in [1.807, 2.05) is 17.9 Å². The second-order valence-corrected chi connectivity index (χ2v) is 8.03. The monoisotopic (exact) mass is 366 g/mol. The van der Waals surface area contributed by atoms with Crippen molar-refractivity contribution >= 4 is 17.1 Å². The second-order valence-electron chi connectivity index (χ2n) is 8.03. The van der Waals surface area contributed by atoms with Crippen molar-refractivity contribution in [3.8, 4) is 11.3 Å². The van der Waals surface area contributed by atoms with Crippen LogP contribution in [0.25, 0.3) is 22.4 Å². The summed E-state index contributed by atoms with van der Waals surface area (Å²) in [5.41, 5.74) is 10.8. The number of aromatic amines is 1. The fourth-order valence-corrected chi connectivity index (χ4v) is 4.04. The first-order valence-corrected chi connectivity index (χ1v) is 9.92. The molecule has 2 aliphatic carbocycles. The lowest BCUT2D eigenvalue weighted by molar-refractivity contribution is 0.410. The zero-order chi connectivity index (χ0) is 18.4. The van der Waals surface area contributed by atoms with Crippen molar-refractivity contribution in [2.24, 2.45) is 18.7 Å². The molecule has 0 aliphatic heterocycles. The molecule has 0 amide bonds. The van der Waals surface area contributed by atoms with Crippen LogP contribution in [-0.2, 0) is 13.5 Å². The van der Waals surface area contributed by atoms with Gasteiger partial charge in [-0.3, -0.25) is 4.68 Å². The van der Waals surface area contributed by atoms with Gasteiger partial charge in [0, 0.05) is 30.4 Å². The van der Waals surface area contributed by atoms with Gasteiger partial charge in [-0.1, -0.05) is 0 Å². The number of aryl methyl sites for hydroxylation is 1. The van der Waals surface area contributed by atoms with E-state index in [2.05, 4.69) is 25.4 Å². The van der Waals surface area contributed by atoms with Crippen molar-refractivity contribution in [3.63, 3.8) is 0 Å². The van der Waals surface area contributed by atoms with Gasteiger partial charge in [-0.15, -0.1) is 0 Å². The topological polar surface area (TPSA) is 110 Å². The Morgan fingerprint density at radius 1 is 1.19 bits per heavy atom. The van der Waals surface area contributed by atoms with E-state index in [9.17, 15) is 0 Å². The van der Waals surface area contributed by atoms with Crippen LogP contribution < -0.4 is 11.1 Å². The molecule has 0 saturated heterocycles. The first kappa shape index (κ1) is 16.7. The minimum atomic E-state index is 0.328. The van der Waals surface area contributed by atoms with Crippen LogP contribution in [0, 0.1) is 5.92 Å². The van der Waals surface area contributed by atoms with Crippen molar-refractivity contribution < 1.29 is 0 Å². The van der Waals surface area contributed by atoms with Crippen LogP contribution in [0.3, 0.4) is 0 Å². The highest BCUT2D eigenvalue weighted by molar-refractivity contribution is 5.88. The lowest BCUT2D eigenvalue weighted by Gasteiger charge is -2.26. The van der Waals surface area contributed by atoms with E-state index in [-0.39, 0.29) is 0 Å². The van der Waals surface area contributed by atoms with Crippen molar-refractivity contribution in [1.82, 2.24) is 29.7 Å². The van der Waals surface area contributed by atoms with Crippen LogP contribution in [0.1, 0.15) is 44.2 Å². The molecule has 0 unspecified atom stereocenters. The first-order chi connectivity index (χ1) is 13.2. The predicted octanol–water partition coefficient (Wildman–Crippen LogP) is 2.39. The third-order valence-electron chi connectivity index (χ3n) is 5.89. The number of nitrogens with two attached hydrogens (primary N) is 1. The molecule has 2 aliphatic rings. The summed E-state index contributed by atoms with van der Waals surface area (Å²) in [6.45, 7) is 0. The Bertz CT molecular complexity index is 946. The number of hydrogen-bond donors (Lipinski definition) is 3. The van der Waals surface area contributed by atoms with Gasteiger partial charge in [-0.05, 0) is 50.9 Å². The highest BCUT2D eigenvalue weighted by atomic mass is 15.3. The number of aromatic nitrogens is 6. The van der Waals surface area contributed by atoms with Gasteiger partial charge >= 0.3 is 0 Å². The largest absolute Gasteiger partial charge is 0.351 e. The molecule has 8 nitrogen and oxygen atoms in total. The Kier molecular flexibility index (Phi) is 4.07. The third kappa shape index (κ3) is 3.29. The quantitative estimate of drug-likeness (QED) is 0.639. The van der Waals surface area contributed by atoms with Crippen LogP contribution in [-0.4, -0.2) is 41.8 Å². The molecule has 0 atom stereocenters. The van der Waals surface area contributed by atoms with Gasteiger partial charge < -0.3 is 16.0 Å². The summed E-state index contributed by atoms with van der Waals surface area (Å²) >= 11 is 0. The number of fused-ring (bicyclic) bond motifs is 1. The summed E-state index contributed by atoms with van der Waals surface area (Å²) in [6.07, 6.45) is 11.5. The SMILES string of the molecule is Cn1ncc(-c2nc(NC3CCC(N)CC3)nc3nc[nH]c23)c1CC1CC1. The van der Waals surface area contributed by atoms with E-state index in [1.165, 1.54) is 18.5 Å². The Morgan fingerprint density at radius 3 is 2.78 bits per heavy atom. The zero-order valence-electron chi connectivity index (χ0n) is 15.6. The molecule has 0 radical (unpaired) electrons. The molecule has 2 saturated carbocycles. The molecule has 142 valence electrons. The van der Waals surface area contributed by atoms with Crippen LogP contribution >= 0.6 is 0 Å². The second kappa shape index (κ2) is 6.60. The normalized spacial score (nSPS) is 23.0. The maximum atomic E-state index is 6.03. The molecule has 2 fully saturated rings. The van der Waals surface area contributed by atoms with E-state index in [1.54, 1.807) is 6.33 Å². The van der Waals surface area contributed by atoms with Gasteiger partial charge in [-0.2, -0.15) is 10.1 Å². The zero-order valence-corrected chi connectivity index (χ0v) is 15.6. The van der Waals surface area contributed by atoms with Crippen LogP contribution in [0.15, 0.2) is 12.5 Å². The van der Waals surface area contributed by atoms with Crippen LogP contribution in [0.4, 0.5) is 5.95 Å². The number of anilines is 1. The Morgan fingerprint density at radius 2 is 2.00 bits per heavy atom. The third-order valence-corrected chi connectivity index (χ3v) is 5.89. The molecule has 0 spiro atoms. The fourth-order valence-electron chi connectivity index (χ4n) is 4.04. The van der Waals surface area contributed by atoms with E-state index in [0.29, 0.717) is 23.7 Å². The fraction of sp³-hybridized carbons (Fsp3) is 0.579.